The monoisotopic (exact) mass is 507 g/mol. The Morgan fingerprint density at radius 3 is 2.69 bits per heavy atom. The van der Waals surface area contributed by atoms with Crippen LogP contribution in [0.15, 0.2) is 28.9 Å². The van der Waals surface area contributed by atoms with Gasteiger partial charge in [-0.25, -0.2) is 0 Å². The Labute approximate surface area is 197 Å². The minimum Gasteiger partial charge on any atom is -0.394 e. The second kappa shape index (κ2) is 10.2. The maximum absolute atomic E-state index is 13.7. The molecule has 4 N–H and O–H groups in total. The summed E-state index contributed by atoms with van der Waals surface area (Å²) >= 11 is 3.62. The fraction of sp³-hybridized carbons (Fsp3) is 0.625. The third kappa shape index (κ3) is 4.35. The number of ether oxygens (including phenoxy) is 1. The lowest BCUT2D eigenvalue weighted by molar-refractivity contribution is -0.171. The highest BCUT2D eigenvalue weighted by molar-refractivity contribution is 9.10. The predicted molar refractivity (Wildman–Crippen MR) is 129 cm³/mol. The fourth-order valence-corrected chi connectivity index (χ4v) is 6.03. The fourth-order valence-electron chi connectivity index (χ4n) is 5.46. The van der Waals surface area contributed by atoms with E-state index in [4.69, 9.17) is 4.74 Å². The standard InChI is InChI=1S/C24H34BrN3O4/c1-26-10-16-5-2-3-6-17(9-16)24(14-32-15-24)23(31)27-20-11-28(18(12-29)13-30)21-8-4-7-19(25)22(20)21/h4,7-8,11,16-18,26,29-30H,2-3,5-6,9-10,12-15H2,1H3,(H,27,31). The molecule has 1 aromatic heterocycles. The molecule has 2 fully saturated rings. The van der Waals surface area contributed by atoms with Crippen molar-refractivity contribution in [2.45, 2.75) is 38.1 Å². The van der Waals surface area contributed by atoms with E-state index >= 15 is 0 Å². The number of aliphatic hydroxyl groups is 2. The SMILES string of the molecule is CNCC1CCCCC(C2(C(=O)Nc3cn(C(CO)CO)c4cccc(Br)c34)COC2)C1. The lowest BCUT2D eigenvalue weighted by Crippen LogP contribution is -2.56. The molecule has 2 aliphatic rings. The lowest BCUT2D eigenvalue weighted by Gasteiger charge is -2.46. The van der Waals surface area contributed by atoms with Crippen LogP contribution in [0, 0.1) is 17.3 Å². The third-order valence-corrected chi connectivity index (χ3v) is 8.01. The molecule has 1 saturated heterocycles. The molecule has 2 unspecified atom stereocenters. The summed E-state index contributed by atoms with van der Waals surface area (Å²) in [5.74, 6) is 0.901. The van der Waals surface area contributed by atoms with Crippen LogP contribution in [0.3, 0.4) is 0 Å². The zero-order chi connectivity index (χ0) is 22.7. The van der Waals surface area contributed by atoms with Crippen LogP contribution in [0.4, 0.5) is 5.69 Å². The number of aliphatic hydroxyl groups excluding tert-OH is 2. The average molecular weight is 508 g/mol. The number of fused-ring (bicyclic) bond motifs is 1. The van der Waals surface area contributed by atoms with Crippen LogP contribution in [-0.2, 0) is 9.53 Å². The lowest BCUT2D eigenvalue weighted by atomic mass is 9.68. The van der Waals surface area contributed by atoms with E-state index in [2.05, 4.69) is 26.6 Å². The average Bonchev–Trinajstić information content (AvgIpc) is 2.94. The molecule has 1 aromatic carbocycles. The van der Waals surface area contributed by atoms with Crippen molar-refractivity contribution in [1.29, 1.82) is 0 Å². The summed E-state index contributed by atoms with van der Waals surface area (Å²) in [5.41, 5.74) is 1.04. The summed E-state index contributed by atoms with van der Waals surface area (Å²) in [6.45, 7) is 1.54. The number of rotatable bonds is 8. The summed E-state index contributed by atoms with van der Waals surface area (Å²) in [4.78, 5) is 13.7. The van der Waals surface area contributed by atoms with Crippen molar-refractivity contribution in [3.63, 3.8) is 0 Å². The van der Waals surface area contributed by atoms with Crippen molar-refractivity contribution in [3.05, 3.63) is 28.9 Å². The second-order valence-corrected chi connectivity index (χ2v) is 10.2. The molecule has 8 heteroatoms. The van der Waals surface area contributed by atoms with Gasteiger partial charge in [-0.05, 0) is 56.8 Å². The van der Waals surface area contributed by atoms with Gasteiger partial charge >= 0.3 is 0 Å². The van der Waals surface area contributed by atoms with E-state index in [0.29, 0.717) is 30.7 Å². The van der Waals surface area contributed by atoms with Crippen molar-refractivity contribution in [3.8, 4) is 0 Å². The number of benzene rings is 1. The van der Waals surface area contributed by atoms with Gasteiger partial charge in [-0.15, -0.1) is 0 Å². The smallest absolute Gasteiger partial charge is 0.235 e. The Hall–Kier alpha value is -1.45. The molecule has 32 heavy (non-hydrogen) atoms. The van der Waals surface area contributed by atoms with Gasteiger partial charge in [0.15, 0.2) is 0 Å². The number of nitrogens with one attached hydrogen (secondary N) is 2. The first-order chi connectivity index (χ1) is 15.5. The number of nitrogens with zero attached hydrogens (tertiary/aromatic N) is 1. The number of amides is 1. The van der Waals surface area contributed by atoms with Gasteiger partial charge in [-0.3, -0.25) is 4.79 Å². The Kier molecular flexibility index (Phi) is 7.57. The van der Waals surface area contributed by atoms with Crippen molar-refractivity contribution in [1.82, 2.24) is 9.88 Å². The Bertz CT molecular complexity index is 939. The first-order valence-corrected chi connectivity index (χ1v) is 12.4. The maximum atomic E-state index is 13.7. The van der Waals surface area contributed by atoms with Crippen LogP contribution in [0.25, 0.3) is 10.9 Å². The van der Waals surface area contributed by atoms with Crippen LogP contribution in [-0.4, -0.2) is 60.7 Å². The highest BCUT2D eigenvalue weighted by Gasteiger charge is 2.52. The molecule has 4 rings (SSSR count). The van der Waals surface area contributed by atoms with E-state index in [1.165, 1.54) is 12.8 Å². The quantitative estimate of drug-likeness (QED) is 0.411. The summed E-state index contributed by atoms with van der Waals surface area (Å²) in [5, 5.41) is 26.9. The van der Waals surface area contributed by atoms with Gasteiger partial charge in [-0.1, -0.05) is 34.8 Å². The van der Waals surface area contributed by atoms with Crippen molar-refractivity contribution in [2.75, 3.05) is 45.3 Å². The number of carbonyl (C=O) groups is 1. The Balaban J connectivity index is 1.64. The summed E-state index contributed by atoms with van der Waals surface area (Å²) in [7, 11) is 1.99. The van der Waals surface area contributed by atoms with Gasteiger partial charge in [0.2, 0.25) is 5.91 Å². The molecule has 0 radical (unpaired) electrons. The maximum Gasteiger partial charge on any atom is 0.235 e. The summed E-state index contributed by atoms with van der Waals surface area (Å²) in [6, 6.07) is 5.31. The zero-order valence-electron chi connectivity index (χ0n) is 18.6. The van der Waals surface area contributed by atoms with E-state index < -0.39 is 11.5 Å². The number of carbonyl (C=O) groups excluding carboxylic acids is 1. The first kappa shape index (κ1) is 23.7. The Morgan fingerprint density at radius 1 is 1.28 bits per heavy atom. The molecule has 2 aromatic rings. The van der Waals surface area contributed by atoms with Crippen molar-refractivity contribution >= 4 is 38.4 Å². The van der Waals surface area contributed by atoms with E-state index in [0.717, 1.165) is 41.2 Å². The van der Waals surface area contributed by atoms with Crippen LogP contribution in [0.1, 0.15) is 38.1 Å². The van der Waals surface area contributed by atoms with Gasteiger partial charge < -0.3 is 30.2 Å². The molecule has 176 valence electrons. The highest BCUT2D eigenvalue weighted by Crippen LogP contribution is 2.46. The topological polar surface area (TPSA) is 95.8 Å². The van der Waals surface area contributed by atoms with Gasteiger partial charge in [-0.2, -0.15) is 0 Å². The van der Waals surface area contributed by atoms with E-state index in [1.54, 1.807) is 0 Å². The Morgan fingerprint density at radius 2 is 2.03 bits per heavy atom. The van der Waals surface area contributed by atoms with E-state index in [9.17, 15) is 15.0 Å². The summed E-state index contributed by atoms with van der Waals surface area (Å²) in [6.07, 6.45) is 7.50. The van der Waals surface area contributed by atoms with Crippen molar-refractivity contribution in [2.24, 2.45) is 17.3 Å². The number of halogens is 1. The molecule has 2 heterocycles. The molecular formula is C24H34BrN3O4. The van der Waals surface area contributed by atoms with E-state index in [1.807, 2.05) is 36.0 Å². The molecule has 1 saturated carbocycles. The van der Waals surface area contributed by atoms with Crippen LogP contribution < -0.4 is 10.6 Å². The molecule has 1 aliphatic heterocycles. The predicted octanol–water partition coefficient (Wildman–Crippen LogP) is 3.30. The third-order valence-electron chi connectivity index (χ3n) is 7.35. The molecule has 1 aliphatic carbocycles. The number of anilines is 1. The summed E-state index contributed by atoms with van der Waals surface area (Å²) < 4.78 is 8.32. The number of hydrogen-bond acceptors (Lipinski definition) is 5. The van der Waals surface area contributed by atoms with Gasteiger partial charge in [0, 0.05) is 16.1 Å². The van der Waals surface area contributed by atoms with Gasteiger partial charge in [0.1, 0.15) is 0 Å². The van der Waals surface area contributed by atoms with E-state index in [-0.39, 0.29) is 19.1 Å². The molecule has 7 nitrogen and oxygen atoms in total. The van der Waals surface area contributed by atoms with Gasteiger partial charge in [0.25, 0.3) is 0 Å². The minimum atomic E-state index is -0.501. The van der Waals surface area contributed by atoms with Crippen molar-refractivity contribution < 1.29 is 19.7 Å². The van der Waals surface area contributed by atoms with Crippen LogP contribution in [0.2, 0.25) is 0 Å². The first-order valence-electron chi connectivity index (χ1n) is 11.6. The second-order valence-electron chi connectivity index (χ2n) is 9.35. The van der Waals surface area contributed by atoms with Gasteiger partial charge in [0.05, 0.1) is 49.1 Å². The normalized spacial score (nSPS) is 23.2. The molecule has 1 amide bonds. The number of hydrogen-bond donors (Lipinski definition) is 4. The molecule has 0 spiro atoms. The molecular weight excluding hydrogens is 474 g/mol. The van der Waals surface area contributed by atoms with Crippen LogP contribution in [0.5, 0.6) is 0 Å². The minimum absolute atomic E-state index is 0.0122. The largest absolute Gasteiger partial charge is 0.394 e. The highest BCUT2D eigenvalue weighted by atomic mass is 79.9. The number of aromatic nitrogens is 1. The molecule has 2 atom stereocenters. The zero-order valence-corrected chi connectivity index (χ0v) is 20.2. The van der Waals surface area contributed by atoms with Crippen LogP contribution >= 0.6 is 15.9 Å². The molecule has 0 bridgehead atoms.